The molecule has 1 unspecified atom stereocenters. The molecule has 0 aliphatic carbocycles. The van der Waals surface area contributed by atoms with Crippen LogP contribution in [0.2, 0.25) is 0 Å². The molecule has 1 atom stereocenters. The van der Waals surface area contributed by atoms with E-state index >= 15 is 0 Å². The van der Waals surface area contributed by atoms with Crippen molar-refractivity contribution in [2.24, 2.45) is 5.92 Å². The van der Waals surface area contributed by atoms with Gasteiger partial charge in [0.25, 0.3) is 0 Å². The van der Waals surface area contributed by atoms with Gasteiger partial charge in [-0.25, -0.2) is 4.79 Å². The molecule has 0 bridgehead atoms. The van der Waals surface area contributed by atoms with Gasteiger partial charge in [-0.1, -0.05) is 40.5 Å². The van der Waals surface area contributed by atoms with Crippen molar-refractivity contribution in [3.8, 4) is 0 Å². The van der Waals surface area contributed by atoms with Gasteiger partial charge in [-0.2, -0.15) is 0 Å². The standard InChI is InChI=1S/C15H27N3O2.C2H6/c1-3-4-5-12(2)14(19)17-9-6-13(7-10-17)18-11-8-16-15(18)20;1-2/h12-13H,3-11H2,1-2H3,(H,16,20);1-2H3. The molecule has 2 aliphatic heterocycles. The van der Waals surface area contributed by atoms with E-state index in [0.717, 1.165) is 58.3 Å². The van der Waals surface area contributed by atoms with E-state index in [4.69, 9.17) is 0 Å². The monoisotopic (exact) mass is 311 g/mol. The predicted octanol–water partition coefficient (Wildman–Crippen LogP) is 2.86. The van der Waals surface area contributed by atoms with Crippen molar-refractivity contribution in [1.29, 1.82) is 0 Å². The molecule has 0 spiro atoms. The molecule has 2 aliphatic rings. The van der Waals surface area contributed by atoms with E-state index in [1.165, 1.54) is 0 Å². The van der Waals surface area contributed by atoms with Gasteiger partial charge in [0.15, 0.2) is 0 Å². The van der Waals surface area contributed by atoms with Gasteiger partial charge < -0.3 is 15.1 Å². The average molecular weight is 311 g/mol. The fourth-order valence-corrected chi connectivity index (χ4v) is 3.18. The van der Waals surface area contributed by atoms with Gasteiger partial charge in [0.2, 0.25) is 5.91 Å². The summed E-state index contributed by atoms with van der Waals surface area (Å²) in [5.74, 6) is 0.435. The highest BCUT2D eigenvalue weighted by Crippen LogP contribution is 2.21. The van der Waals surface area contributed by atoms with Gasteiger partial charge in [-0.05, 0) is 19.3 Å². The fourth-order valence-electron chi connectivity index (χ4n) is 3.18. The average Bonchev–Trinajstić information content (AvgIpc) is 3.00. The number of carbonyl (C=O) groups is 2. The van der Waals surface area contributed by atoms with E-state index in [0.29, 0.717) is 11.9 Å². The first-order valence-electron chi connectivity index (χ1n) is 8.96. The SMILES string of the molecule is CC.CCCCC(C)C(=O)N1CCC(N2CCNC2=O)CC1. The largest absolute Gasteiger partial charge is 0.342 e. The first-order valence-corrected chi connectivity index (χ1v) is 8.96. The zero-order valence-electron chi connectivity index (χ0n) is 14.7. The molecule has 5 heteroatoms. The van der Waals surface area contributed by atoms with Crippen molar-refractivity contribution in [3.63, 3.8) is 0 Å². The summed E-state index contributed by atoms with van der Waals surface area (Å²) in [6.07, 6.45) is 5.09. The summed E-state index contributed by atoms with van der Waals surface area (Å²) in [5.41, 5.74) is 0. The van der Waals surface area contributed by atoms with Crippen LogP contribution in [0.5, 0.6) is 0 Å². The zero-order chi connectivity index (χ0) is 16.5. The maximum Gasteiger partial charge on any atom is 0.317 e. The summed E-state index contributed by atoms with van der Waals surface area (Å²) in [4.78, 5) is 27.9. The second kappa shape index (κ2) is 9.70. The Labute approximate surface area is 135 Å². The molecule has 128 valence electrons. The number of nitrogens with one attached hydrogen (secondary N) is 1. The number of urea groups is 1. The lowest BCUT2D eigenvalue weighted by molar-refractivity contribution is -0.136. The quantitative estimate of drug-likeness (QED) is 0.849. The van der Waals surface area contributed by atoms with Crippen LogP contribution in [-0.4, -0.2) is 54.0 Å². The van der Waals surface area contributed by atoms with E-state index in [1.807, 2.05) is 30.6 Å². The molecule has 0 radical (unpaired) electrons. The van der Waals surface area contributed by atoms with Gasteiger partial charge in [0.05, 0.1) is 0 Å². The van der Waals surface area contributed by atoms with Crippen LogP contribution >= 0.6 is 0 Å². The number of hydrogen-bond donors (Lipinski definition) is 1. The summed E-state index contributed by atoms with van der Waals surface area (Å²) in [6.45, 7) is 11.4. The van der Waals surface area contributed by atoms with Crippen LogP contribution in [0.3, 0.4) is 0 Å². The summed E-state index contributed by atoms with van der Waals surface area (Å²) in [5, 5.41) is 2.85. The number of carbonyl (C=O) groups excluding carboxylic acids is 2. The summed E-state index contributed by atoms with van der Waals surface area (Å²) in [7, 11) is 0. The minimum atomic E-state index is 0.0612. The molecular formula is C17H33N3O2. The molecule has 3 amide bonds. The van der Waals surface area contributed by atoms with Crippen LogP contribution in [0.15, 0.2) is 0 Å². The third kappa shape index (κ3) is 4.89. The van der Waals surface area contributed by atoms with Crippen molar-refractivity contribution < 1.29 is 9.59 Å². The van der Waals surface area contributed by atoms with Crippen molar-refractivity contribution in [3.05, 3.63) is 0 Å². The lowest BCUT2D eigenvalue weighted by Gasteiger charge is -2.37. The zero-order valence-corrected chi connectivity index (χ0v) is 14.7. The minimum absolute atomic E-state index is 0.0612. The molecule has 0 aromatic rings. The third-order valence-corrected chi connectivity index (χ3v) is 4.52. The smallest absolute Gasteiger partial charge is 0.317 e. The highest BCUT2D eigenvalue weighted by molar-refractivity contribution is 5.79. The molecule has 1 N–H and O–H groups in total. The number of piperidine rings is 1. The van der Waals surface area contributed by atoms with E-state index in [1.54, 1.807) is 0 Å². The maximum absolute atomic E-state index is 12.3. The molecule has 0 aromatic heterocycles. The number of likely N-dealkylation sites (tertiary alicyclic amines) is 1. The van der Waals surface area contributed by atoms with Crippen LogP contribution in [-0.2, 0) is 4.79 Å². The Kier molecular flexibility index (Phi) is 8.28. The maximum atomic E-state index is 12.3. The van der Waals surface area contributed by atoms with E-state index in [9.17, 15) is 9.59 Å². The molecule has 2 rings (SSSR count). The first-order chi connectivity index (χ1) is 10.6. The van der Waals surface area contributed by atoms with Crippen LogP contribution in [0, 0.1) is 5.92 Å². The Balaban J connectivity index is 0.00000116. The highest BCUT2D eigenvalue weighted by atomic mass is 16.2. The third-order valence-electron chi connectivity index (χ3n) is 4.52. The number of rotatable bonds is 5. The van der Waals surface area contributed by atoms with Crippen molar-refractivity contribution in [1.82, 2.24) is 15.1 Å². The van der Waals surface area contributed by atoms with E-state index < -0.39 is 0 Å². The van der Waals surface area contributed by atoms with Crippen LogP contribution in [0.25, 0.3) is 0 Å². The fraction of sp³-hybridized carbons (Fsp3) is 0.882. The molecule has 0 aromatic carbocycles. The lowest BCUT2D eigenvalue weighted by atomic mass is 9.99. The summed E-state index contributed by atoms with van der Waals surface area (Å²) < 4.78 is 0. The number of unbranched alkanes of at least 4 members (excludes halogenated alkanes) is 1. The topological polar surface area (TPSA) is 52.7 Å². The predicted molar refractivity (Wildman–Crippen MR) is 89.7 cm³/mol. The Morgan fingerprint density at radius 2 is 1.91 bits per heavy atom. The summed E-state index contributed by atoms with van der Waals surface area (Å²) in [6, 6.07) is 0.374. The molecular weight excluding hydrogens is 278 g/mol. The second-order valence-corrected chi connectivity index (χ2v) is 6.03. The second-order valence-electron chi connectivity index (χ2n) is 6.03. The van der Waals surface area contributed by atoms with Crippen LogP contribution < -0.4 is 5.32 Å². The Morgan fingerprint density at radius 3 is 2.41 bits per heavy atom. The lowest BCUT2D eigenvalue weighted by Crippen LogP contribution is -2.48. The van der Waals surface area contributed by atoms with E-state index in [-0.39, 0.29) is 11.9 Å². The molecule has 5 nitrogen and oxygen atoms in total. The van der Waals surface area contributed by atoms with Crippen LogP contribution in [0.4, 0.5) is 4.79 Å². The van der Waals surface area contributed by atoms with Crippen molar-refractivity contribution >= 4 is 11.9 Å². The van der Waals surface area contributed by atoms with Gasteiger partial charge in [-0.3, -0.25) is 4.79 Å². The van der Waals surface area contributed by atoms with Crippen LogP contribution in [0.1, 0.15) is 59.8 Å². The molecule has 2 fully saturated rings. The van der Waals surface area contributed by atoms with Gasteiger partial charge in [0, 0.05) is 38.1 Å². The first kappa shape index (κ1) is 18.8. The molecule has 22 heavy (non-hydrogen) atoms. The molecule has 2 saturated heterocycles. The minimum Gasteiger partial charge on any atom is -0.342 e. The highest BCUT2D eigenvalue weighted by Gasteiger charge is 2.32. The van der Waals surface area contributed by atoms with Gasteiger partial charge >= 0.3 is 6.03 Å². The number of amides is 3. The van der Waals surface area contributed by atoms with Gasteiger partial charge in [-0.15, -0.1) is 0 Å². The Hall–Kier alpha value is -1.26. The Morgan fingerprint density at radius 1 is 1.27 bits per heavy atom. The van der Waals surface area contributed by atoms with Crippen molar-refractivity contribution in [2.45, 2.75) is 65.8 Å². The van der Waals surface area contributed by atoms with Crippen molar-refractivity contribution in [2.75, 3.05) is 26.2 Å². The normalized spacial score (nSPS) is 20.3. The molecule has 2 heterocycles. The van der Waals surface area contributed by atoms with Gasteiger partial charge in [0.1, 0.15) is 0 Å². The Bertz CT molecular complexity index is 352. The van der Waals surface area contributed by atoms with E-state index in [2.05, 4.69) is 12.2 Å². The summed E-state index contributed by atoms with van der Waals surface area (Å²) >= 11 is 0. The molecule has 0 saturated carbocycles. The number of hydrogen-bond acceptors (Lipinski definition) is 2. The number of nitrogens with zero attached hydrogens (tertiary/aromatic N) is 2.